The third kappa shape index (κ3) is 10.5. The third-order valence-corrected chi connectivity index (χ3v) is 5.20. The van der Waals surface area contributed by atoms with Gasteiger partial charge < -0.3 is 21.3 Å². The zero-order valence-corrected chi connectivity index (χ0v) is 20.3. The van der Waals surface area contributed by atoms with E-state index in [0.717, 1.165) is 82.9 Å². The molecule has 2 rings (SSSR count). The van der Waals surface area contributed by atoms with E-state index < -0.39 is 0 Å². The van der Waals surface area contributed by atoms with Crippen molar-refractivity contribution in [2.75, 3.05) is 39.3 Å². The van der Waals surface area contributed by atoms with Gasteiger partial charge in [0.25, 0.3) is 0 Å². The van der Waals surface area contributed by atoms with Gasteiger partial charge in [0, 0.05) is 31.7 Å². The minimum Gasteiger partial charge on any atom is -0.369 e. The normalized spacial score (nSPS) is 15.6. The lowest BCUT2D eigenvalue weighted by Crippen LogP contribution is -2.39. The highest BCUT2D eigenvalue weighted by Crippen LogP contribution is 2.16. The third-order valence-electron chi connectivity index (χ3n) is 4.98. The van der Waals surface area contributed by atoms with Crippen LogP contribution in [0.15, 0.2) is 23.3 Å². The van der Waals surface area contributed by atoms with Crippen molar-refractivity contribution in [3.05, 3.63) is 29.0 Å². The van der Waals surface area contributed by atoms with E-state index in [1.54, 1.807) is 6.20 Å². The van der Waals surface area contributed by atoms with Crippen LogP contribution in [0.25, 0.3) is 0 Å². The molecule has 0 unspecified atom stereocenters. The maximum atomic E-state index is 11.2. The van der Waals surface area contributed by atoms with Gasteiger partial charge in [-0.05, 0) is 70.3 Å². The fourth-order valence-electron chi connectivity index (χ4n) is 3.30. The molecule has 1 fully saturated rings. The number of primary amides is 1. The molecule has 0 saturated carbocycles. The van der Waals surface area contributed by atoms with Crippen molar-refractivity contribution in [1.82, 2.24) is 20.5 Å². The van der Waals surface area contributed by atoms with E-state index in [1.165, 1.54) is 0 Å². The fraction of sp³-hybridized carbons (Fsp3) is 0.650. The molecule has 1 saturated heterocycles. The Balaban J connectivity index is 0.00000420. The van der Waals surface area contributed by atoms with Gasteiger partial charge in [-0.3, -0.25) is 9.79 Å². The summed E-state index contributed by atoms with van der Waals surface area (Å²) in [5.41, 5.74) is 6.53. The summed E-state index contributed by atoms with van der Waals surface area (Å²) in [6.07, 6.45) is 6.63. The summed E-state index contributed by atoms with van der Waals surface area (Å²) in [6, 6.07) is 3.81. The molecule has 29 heavy (non-hydrogen) atoms. The molecule has 1 aromatic rings. The van der Waals surface area contributed by atoms with Crippen LogP contribution >= 0.6 is 35.6 Å². The maximum Gasteiger partial charge on any atom is 0.220 e. The largest absolute Gasteiger partial charge is 0.369 e. The van der Waals surface area contributed by atoms with Gasteiger partial charge in [-0.15, -0.1) is 24.0 Å². The number of nitrogens with two attached hydrogens (primary N) is 1. The van der Waals surface area contributed by atoms with E-state index in [-0.39, 0.29) is 35.8 Å². The molecule has 0 aliphatic carbocycles. The molecule has 4 N–H and O–H groups in total. The highest BCUT2D eigenvalue weighted by Gasteiger charge is 2.22. The second-order valence-corrected chi connectivity index (χ2v) is 7.54. The predicted octanol–water partition coefficient (Wildman–Crippen LogP) is 2.43. The van der Waals surface area contributed by atoms with Crippen LogP contribution in [0.2, 0.25) is 5.15 Å². The lowest BCUT2D eigenvalue weighted by Gasteiger charge is -2.30. The fourth-order valence-corrected chi connectivity index (χ4v) is 3.41. The number of pyridine rings is 1. The van der Waals surface area contributed by atoms with Crippen molar-refractivity contribution in [3.8, 4) is 0 Å². The van der Waals surface area contributed by atoms with Gasteiger partial charge in [-0.1, -0.05) is 17.7 Å². The Kier molecular flexibility index (Phi) is 13.2. The number of amides is 1. The molecule has 1 aliphatic heterocycles. The molecule has 9 heteroatoms. The molecule has 0 spiro atoms. The van der Waals surface area contributed by atoms with Crippen molar-refractivity contribution < 1.29 is 4.79 Å². The minimum atomic E-state index is -0.148. The number of nitrogens with zero attached hydrogens (tertiary/aromatic N) is 3. The van der Waals surface area contributed by atoms with E-state index in [9.17, 15) is 4.79 Å². The van der Waals surface area contributed by atoms with Crippen LogP contribution in [-0.4, -0.2) is 61.0 Å². The van der Waals surface area contributed by atoms with Crippen molar-refractivity contribution in [2.24, 2.45) is 16.6 Å². The Labute approximate surface area is 196 Å². The van der Waals surface area contributed by atoms with Crippen LogP contribution in [0.5, 0.6) is 0 Å². The van der Waals surface area contributed by atoms with E-state index >= 15 is 0 Å². The summed E-state index contributed by atoms with van der Waals surface area (Å²) in [4.78, 5) is 22.4. The molecule has 2 heterocycles. The number of unbranched alkanes of at least 4 members (excludes halogenated alkanes) is 1. The maximum absolute atomic E-state index is 11.2. The number of hydrogen-bond acceptors (Lipinski definition) is 4. The highest BCUT2D eigenvalue weighted by atomic mass is 127. The second-order valence-electron chi connectivity index (χ2n) is 7.15. The first-order chi connectivity index (χ1) is 13.6. The first kappa shape index (κ1) is 25.9. The van der Waals surface area contributed by atoms with Crippen LogP contribution in [0.4, 0.5) is 0 Å². The van der Waals surface area contributed by atoms with E-state index in [2.05, 4.69) is 32.4 Å². The van der Waals surface area contributed by atoms with Gasteiger partial charge in [0.15, 0.2) is 5.96 Å². The summed E-state index contributed by atoms with van der Waals surface area (Å²) < 4.78 is 0. The molecule has 1 aromatic heterocycles. The molecule has 0 atom stereocenters. The average molecular weight is 537 g/mol. The number of likely N-dealkylation sites (tertiary alicyclic amines) is 1. The Morgan fingerprint density at radius 1 is 1.31 bits per heavy atom. The molecule has 164 valence electrons. The number of aliphatic imine (C=N–C) groups is 1. The molecule has 0 aromatic carbocycles. The van der Waals surface area contributed by atoms with Crippen LogP contribution < -0.4 is 16.4 Å². The van der Waals surface area contributed by atoms with Crippen LogP contribution in [0.3, 0.4) is 0 Å². The number of hydrogen-bond donors (Lipinski definition) is 3. The van der Waals surface area contributed by atoms with Crippen LogP contribution in [-0.2, 0) is 11.2 Å². The quantitative estimate of drug-likeness (QED) is 0.140. The minimum absolute atomic E-state index is 0. The lowest BCUT2D eigenvalue weighted by molar-refractivity contribution is -0.123. The van der Waals surface area contributed by atoms with Gasteiger partial charge >= 0.3 is 0 Å². The number of guanidine groups is 1. The average Bonchev–Trinajstić information content (AvgIpc) is 2.69. The van der Waals surface area contributed by atoms with Crippen molar-refractivity contribution in [2.45, 2.75) is 39.0 Å². The standard InChI is InChI=1S/C20H33ClN6O.HI/c1-2-23-20(25-11-7-16-5-6-18(21)26-15-16)24-10-3-4-12-27-13-8-17(9-14-27)19(22)28;/h5-6,15,17H,2-4,7-14H2,1H3,(H2,22,28)(H2,23,24,25);1H. The predicted molar refractivity (Wildman–Crippen MR) is 130 cm³/mol. The molecular formula is C20H34ClIN6O. The molecular weight excluding hydrogens is 503 g/mol. The SMILES string of the molecule is CCNC(=NCCCCN1CCC(C(N)=O)CC1)NCCc1ccc(Cl)nc1.I. The topological polar surface area (TPSA) is 95.6 Å². The Morgan fingerprint density at radius 2 is 2.07 bits per heavy atom. The number of piperidine rings is 1. The number of rotatable bonds is 10. The number of halogens is 2. The summed E-state index contributed by atoms with van der Waals surface area (Å²) in [5.74, 6) is 0.773. The number of carbonyl (C=O) groups is 1. The zero-order chi connectivity index (χ0) is 20.2. The van der Waals surface area contributed by atoms with Crippen LogP contribution in [0, 0.1) is 5.92 Å². The second kappa shape index (κ2) is 14.8. The van der Waals surface area contributed by atoms with Crippen LogP contribution in [0.1, 0.15) is 38.2 Å². The van der Waals surface area contributed by atoms with Gasteiger partial charge in [-0.25, -0.2) is 4.98 Å². The summed E-state index contributed by atoms with van der Waals surface area (Å²) in [7, 11) is 0. The van der Waals surface area contributed by atoms with Gasteiger partial charge in [0.1, 0.15) is 5.15 Å². The molecule has 0 radical (unpaired) electrons. The number of aromatic nitrogens is 1. The van der Waals surface area contributed by atoms with Crippen molar-refractivity contribution in [3.63, 3.8) is 0 Å². The van der Waals surface area contributed by atoms with Crippen molar-refractivity contribution >= 4 is 47.4 Å². The number of carbonyl (C=O) groups excluding carboxylic acids is 1. The Hall–Kier alpha value is -1.13. The molecule has 1 amide bonds. The molecule has 1 aliphatic rings. The zero-order valence-electron chi connectivity index (χ0n) is 17.2. The van der Waals surface area contributed by atoms with Gasteiger partial charge in [-0.2, -0.15) is 0 Å². The van der Waals surface area contributed by atoms with Gasteiger partial charge in [0.2, 0.25) is 5.91 Å². The molecule has 0 bridgehead atoms. The van der Waals surface area contributed by atoms with E-state index in [4.69, 9.17) is 17.3 Å². The highest BCUT2D eigenvalue weighted by molar-refractivity contribution is 14.0. The first-order valence-corrected chi connectivity index (χ1v) is 10.6. The lowest BCUT2D eigenvalue weighted by atomic mass is 9.96. The Morgan fingerprint density at radius 3 is 2.69 bits per heavy atom. The Bertz CT molecular complexity index is 620. The number of nitrogens with one attached hydrogen (secondary N) is 2. The monoisotopic (exact) mass is 536 g/mol. The summed E-state index contributed by atoms with van der Waals surface area (Å²) >= 11 is 5.81. The first-order valence-electron chi connectivity index (χ1n) is 10.2. The smallest absolute Gasteiger partial charge is 0.220 e. The summed E-state index contributed by atoms with van der Waals surface area (Å²) in [5, 5.41) is 7.16. The van der Waals surface area contributed by atoms with E-state index in [0.29, 0.717) is 5.15 Å². The summed E-state index contributed by atoms with van der Waals surface area (Å²) in [6.45, 7) is 7.51. The van der Waals surface area contributed by atoms with Gasteiger partial charge in [0.05, 0.1) is 0 Å². The molecule has 7 nitrogen and oxygen atoms in total. The van der Waals surface area contributed by atoms with Crippen molar-refractivity contribution in [1.29, 1.82) is 0 Å². The van der Waals surface area contributed by atoms with E-state index in [1.807, 2.05) is 12.1 Å².